The lowest BCUT2D eigenvalue weighted by Gasteiger charge is -2.31. The minimum Gasteiger partial charge on any atom is -0.361 e. The predicted octanol–water partition coefficient (Wildman–Crippen LogP) is 4.30. The van der Waals surface area contributed by atoms with E-state index in [0.29, 0.717) is 60.2 Å². The normalized spacial score (nSPS) is 23.9. The van der Waals surface area contributed by atoms with E-state index >= 15 is 19.2 Å². The van der Waals surface area contributed by atoms with Gasteiger partial charge in [-0.15, -0.1) is 0 Å². The molecule has 1 aromatic heterocycles. The van der Waals surface area contributed by atoms with Crippen molar-refractivity contribution in [2.75, 3.05) is 25.1 Å². The molecule has 5 aromatic rings. The van der Waals surface area contributed by atoms with Crippen LogP contribution in [-0.4, -0.2) is 143 Å². The minimum absolute atomic E-state index is 0.00441. The first-order valence-electron chi connectivity index (χ1n) is 30.6. The number of benzene rings is 4. The molecule has 87 heavy (non-hydrogen) atoms. The van der Waals surface area contributed by atoms with Crippen LogP contribution in [0.1, 0.15) is 101 Å². The molecule has 11 N–H and O–H groups in total. The molecule has 20 nitrogen and oxygen atoms in total. The van der Waals surface area contributed by atoms with Crippen LogP contribution in [0.5, 0.6) is 0 Å². The van der Waals surface area contributed by atoms with Crippen LogP contribution in [0.2, 0.25) is 0 Å². The standard InChI is InChI=1S/C66H87N11O9S/c1-6-42(4)57-65(85)69-49(31-34-87-5)58(78)71-51(35-41(2)3)59(79)70-50(29-18-19-32-67)66(86)77-33-20-30-56(77)64(84)75-54(38-45-25-14-9-15-26-45)62(82)73-52(36-43-21-10-7-11-22-43)60(80)72-53(37-44-23-12-8-13-24-44)61(81)74-55(63(83)76-57)39-46-40-68-48-28-17-16-27-47(46)48/h7-17,21-28,40-42,49-57,68H,6,18-20,29-39,67H2,1-5H3,(H,69,85)(H,70,79)(H,71,78)(H,72,80)(H,73,82)(H,74,81)(H,75,84)(H,76,83)/t42-,49-,50-,51-,52-,53-,54-,55-,56-,57-/m0/s1. The molecule has 4 aromatic carbocycles. The molecule has 7 rings (SSSR count). The van der Waals surface area contributed by atoms with E-state index < -0.39 is 113 Å². The van der Waals surface area contributed by atoms with Gasteiger partial charge in [-0.25, -0.2) is 0 Å². The fraction of sp³-hybridized carbons (Fsp3) is 0.470. The highest BCUT2D eigenvalue weighted by Gasteiger charge is 2.41. The second-order valence-corrected chi connectivity index (χ2v) is 24.3. The van der Waals surface area contributed by atoms with Crippen molar-refractivity contribution in [3.05, 3.63) is 144 Å². The molecule has 0 unspecified atom stereocenters. The molecule has 2 fully saturated rings. The fourth-order valence-corrected chi connectivity index (χ4v) is 11.7. The molecule has 10 atom stereocenters. The number of hydrogen-bond acceptors (Lipinski definition) is 11. The van der Waals surface area contributed by atoms with Gasteiger partial charge in [-0.3, -0.25) is 43.2 Å². The Balaban J connectivity index is 1.33. The number of amides is 9. The summed E-state index contributed by atoms with van der Waals surface area (Å²) in [5.74, 6) is -6.17. The van der Waals surface area contributed by atoms with Gasteiger partial charge in [0.1, 0.15) is 54.4 Å². The number of nitrogens with zero attached hydrogens (tertiary/aromatic N) is 1. The molecule has 0 spiro atoms. The van der Waals surface area contributed by atoms with Crippen LogP contribution in [0.3, 0.4) is 0 Å². The van der Waals surface area contributed by atoms with Gasteiger partial charge in [0, 0.05) is 49.3 Å². The SMILES string of the molecule is CC[C@H](C)[C@@H]1NC(=O)[C@H](Cc2c[nH]c3ccccc23)NC(=O)[C@H](Cc2ccccc2)NC(=O)[C@H](Cc2ccccc2)NC(=O)[C@H](Cc2ccccc2)NC(=O)[C@@H]2CCCN2C(=O)[C@H](CCCCN)NC(=O)[C@H](CC(C)C)NC(=O)[C@H](CCSC)NC1=O. The van der Waals surface area contributed by atoms with Gasteiger partial charge < -0.3 is 58.2 Å². The molecule has 9 amide bonds. The van der Waals surface area contributed by atoms with Crippen molar-refractivity contribution in [1.82, 2.24) is 52.4 Å². The van der Waals surface area contributed by atoms with Gasteiger partial charge in [0.15, 0.2) is 0 Å². The van der Waals surface area contributed by atoms with Crippen molar-refractivity contribution in [2.45, 2.75) is 159 Å². The van der Waals surface area contributed by atoms with Crippen molar-refractivity contribution >= 4 is 75.8 Å². The summed E-state index contributed by atoms with van der Waals surface area (Å²) >= 11 is 1.45. The second-order valence-electron chi connectivity index (χ2n) is 23.3. The first kappa shape index (κ1) is 66.5. The van der Waals surface area contributed by atoms with Crippen LogP contribution < -0.4 is 48.3 Å². The number of para-hydroxylation sites is 1. The number of nitrogens with one attached hydrogen (secondary N) is 9. The van der Waals surface area contributed by atoms with E-state index in [-0.39, 0.29) is 63.8 Å². The summed E-state index contributed by atoms with van der Waals surface area (Å²) in [5.41, 5.74) is 9.42. The van der Waals surface area contributed by atoms with Crippen LogP contribution in [0.25, 0.3) is 10.9 Å². The van der Waals surface area contributed by atoms with E-state index in [1.165, 1.54) is 16.7 Å². The van der Waals surface area contributed by atoms with Crippen LogP contribution in [-0.2, 0) is 68.8 Å². The number of aromatic nitrogens is 1. The average Bonchev–Trinajstić information content (AvgIpc) is 4.41. The Morgan fingerprint density at radius 3 is 1.51 bits per heavy atom. The zero-order valence-electron chi connectivity index (χ0n) is 50.6. The lowest BCUT2D eigenvalue weighted by atomic mass is 9.96. The number of H-pyrrole nitrogens is 1. The average molecular weight is 1210 g/mol. The monoisotopic (exact) mass is 1210 g/mol. The van der Waals surface area contributed by atoms with E-state index in [9.17, 15) is 24.0 Å². The summed E-state index contributed by atoms with van der Waals surface area (Å²) < 4.78 is 0. The van der Waals surface area contributed by atoms with Gasteiger partial charge in [-0.2, -0.15) is 11.8 Å². The van der Waals surface area contributed by atoms with Gasteiger partial charge in [-0.05, 0) is 104 Å². The Kier molecular flexibility index (Phi) is 25.4. The molecule has 0 aliphatic carbocycles. The Labute approximate surface area is 514 Å². The summed E-state index contributed by atoms with van der Waals surface area (Å²) in [6.07, 6.45) is 6.07. The quantitative estimate of drug-likeness (QED) is 0.0521. The maximum atomic E-state index is 15.2. The van der Waals surface area contributed by atoms with E-state index in [0.717, 1.165) is 10.9 Å². The number of hydrogen-bond donors (Lipinski definition) is 10. The number of fused-ring (bicyclic) bond motifs is 2. The van der Waals surface area contributed by atoms with Crippen molar-refractivity contribution < 1.29 is 43.2 Å². The van der Waals surface area contributed by atoms with E-state index in [4.69, 9.17) is 5.73 Å². The molecule has 2 aliphatic heterocycles. The van der Waals surface area contributed by atoms with Crippen LogP contribution >= 0.6 is 11.8 Å². The van der Waals surface area contributed by atoms with Crippen LogP contribution in [0.15, 0.2) is 121 Å². The molecule has 21 heteroatoms. The van der Waals surface area contributed by atoms with Crippen molar-refractivity contribution in [1.29, 1.82) is 0 Å². The summed E-state index contributed by atoms with van der Waals surface area (Å²) in [6.45, 7) is 7.94. The summed E-state index contributed by atoms with van der Waals surface area (Å²) in [7, 11) is 0. The number of unbranched alkanes of at least 4 members (excludes halogenated alkanes) is 1. The van der Waals surface area contributed by atoms with E-state index in [1.807, 2.05) is 81.6 Å². The topological polar surface area (TPSA) is 295 Å². The Morgan fingerprint density at radius 1 is 0.517 bits per heavy atom. The number of nitrogens with two attached hydrogens (primary N) is 1. The molecule has 0 saturated carbocycles. The minimum atomic E-state index is -1.34. The third-order valence-corrected chi connectivity index (χ3v) is 16.9. The number of rotatable bonds is 19. The van der Waals surface area contributed by atoms with Gasteiger partial charge in [0.25, 0.3) is 0 Å². The van der Waals surface area contributed by atoms with Crippen molar-refractivity contribution in [2.24, 2.45) is 17.6 Å². The Bertz CT molecular complexity index is 3110. The highest BCUT2D eigenvalue weighted by Crippen LogP contribution is 2.23. The maximum absolute atomic E-state index is 15.2. The first-order chi connectivity index (χ1) is 42.0. The molecule has 0 bridgehead atoms. The molecule has 2 saturated heterocycles. The molecule has 3 heterocycles. The smallest absolute Gasteiger partial charge is 0.245 e. The molecule has 0 radical (unpaired) electrons. The zero-order chi connectivity index (χ0) is 62.4. The highest BCUT2D eigenvalue weighted by molar-refractivity contribution is 7.98. The number of carbonyl (C=O) groups excluding carboxylic acids is 9. The molecule has 466 valence electrons. The van der Waals surface area contributed by atoms with E-state index in [2.05, 4.69) is 47.5 Å². The van der Waals surface area contributed by atoms with Crippen molar-refractivity contribution in [3.8, 4) is 0 Å². The maximum Gasteiger partial charge on any atom is 0.245 e. The Hall–Kier alpha value is -8.04. The third-order valence-electron chi connectivity index (χ3n) is 16.3. The largest absolute Gasteiger partial charge is 0.361 e. The zero-order valence-corrected chi connectivity index (χ0v) is 51.4. The summed E-state index contributed by atoms with van der Waals surface area (Å²) in [4.78, 5) is 139. The molecule has 2 aliphatic rings. The van der Waals surface area contributed by atoms with Gasteiger partial charge >= 0.3 is 0 Å². The van der Waals surface area contributed by atoms with E-state index in [1.54, 1.807) is 73.8 Å². The molecular formula is C66H87N11O9S. The van der Waals surface area contributed by atoms with Crippen molar-refractivity contribution in [3.63, 3.8) is 0 Å². The highest BCUT2D eigenvalue weighted by atomic mass is 32.2. The number of carbonyl (C=O) groups is 9. The lowest BCUT2D eigenvalue weighted by Crippen LogP contribution is -2.61. The van der Waals surface area contributed by atoms with Gasteiger partial charge in [0.2, 0.25) is 53.2 Å². The Morgan fingerprint density at radius 2 is 0.977 bits per heavy atom. The number of aromatic amines is 1. The predicted molar refractivity (Wildman–Crippen MR) is 337 cm³/mol. The van der Waals surface area contributed by atoms with Crippen LogP contribution in [0.4, 0.5) is 0 Å². The molecular weight excluding hydrogens is 1120 g/mol. The van der Waals surface area contributed by atoms with Gasteiger partial charge in [0.05, 0.1) is 0 Å². The summed E-state index contributed by atoms with van der Waals surface area (Å²) in [6, 6.07) is 23.5. The first-order valence-corrected chi connectivity index (χ1v) is 31.9. The lowest BCUT2D eigenvalue weighted by molar-refractivity contribution is -0.143. The second kappa shape index (κ2) is 33.2. The van der Waals surface area contributed by atoms with Crippen LogP contribution in [0, 0.1) is 11.8 Å². The third kappa shape index (κ3) is 19.2. The fourth-order valence-electron chi connectivity index (χ4n) is 11.2. The summed E-state index contributed by atoms with van der Waals surface area (Å²) in [5, 5.41) is 24.2. The number of thioether (sulfide) groups is 1. The van der Waals surface area contributed by atoms with Gasteiger partial charge in [-0.1, -0.05) is 143 Å².